The first-order chi connectivity index (χ1) is 27.2. The molecule has 3 N–H and O–H groups in total. The van der Waals surface area contributed by atoms with Gasteiger partial charge in [-0.2, -0.15) is 0 Å². The number of imide groups is 2. The van der Waals surface area contributed by atoms with Crippen LogP contribution in [0.2, 0.25) is 0 Å². The van der Waals surface area contributed by atoms with Crippen LogP contribution in [-0.2, 0) is 57.5 Å². The van der Waals surface area contributed by atoms with E-state index < -0.39 is 24.0 Å². The first kappa shape index (κ1) is 50.5. The molecule has 17 nitrogen and oxygen atoms in total. The van der Waals surface area contributed by atoms with Crippen LogP contribution in [0.25, 0.3) is 0 Å². The largest absolute Gasteiger partial charge is 0.481 e. The second-order valence-corrected chi connectivity index (χ2v) is 14.7. The van der Waals surface area contributed by atoms with Crippen molar-refractivity contribution in [2.75, 3.05) is 13.1 Å². The number of hydrogen-bond donors (Lipinski definition) is 3. The van der Waals surface area contributed by atoms with Crippen LogP contribution in [0.4, 0.5) is 0 Å². The van der Waals surface area contributed by atoms with Crippen LogP contribution in [0, 0.1) is 11.8 Å². The molecule has 0 saturated carbocycles. The van der Waals surface area contributed by atoms with Crippen molar-refractivity contribution in [1.82, 2.24) is 20.4 Å². The number of carboxylic acid groups (broad SMARTS) is 1. The molecule has 0 aromatic heterocycles. The van der Waals surface area contributed by atoms with E-state index in [2.05, 4.69) is 10.6 Å². The van der Waals surface area contributed by atoms with Crippen LogP contribution in [-0.4, -0.2) is 110 Å². The van der Waals surface area contributed by atoms with Gasteiger partial charge in [-0.15, -0.1) is 0 Å². The van der Waals surface area contributed by atoms with Gasteiger partial charge in [-0.05, 0) is 59.3 Å². The molecule has 2 heterocycles. The number of Topliss-reactive ketones (excluding diaryl/α,β-unsaturated/α-hetero) is 5. The Morgan fingerprint density at radius 3 is 1.16 bits per heavy atom. The first-order valence-electron chi connectivity index (χ1n) is 19.7. The molecule has 4 atom stereocenters. The van der Waals surface area contributed by atoms with E-state index in [0.717, 1.165) is 9.80 Å². The third-order valence-corrected chi connectivity index (χ3v) is 9.55. The fourth-order valence-electron chi connectivity index (χ4n) is 5.61. The SMILES string of the molecule is CC(=O)[C@H](C)CC(=O)[C@H](C)NC(=O)CCCCC(=O)CCCN1C(=O)C=CC1=O.C[C@H](CC(=O)[C@H](C)NC(=O)CCCCC(=O)CCCN1C(=O)C=CC1=O)C(=O)O. The summed E-state index contributed by atoms with van der Waals surface area (Å²) < 4.78 is 0. The van der Waals surface area contributed by atoms with Crippen molar-refractivity contribution in [1.29, 1.82) is 0 Å². The van der Waals surface area contributed by atoms with Crippen molar-refractivity contribution in [2.45, 2.75) is 137 Å². The van der Waals surface area contributed by atoms with Gasteiger partial charge in [-0.1, -0.05) is 13.8 Å². The summed E-state index contributed by atoms with van der Waals surface area (Å²) in [4.78, 5) is 141. The highest BCUT2D eigenvalue weighted by atomic mass is 16.4. The maximum Gasteiger partial charge on any atom is 0.306 e. The molecule has 0 spiro atoms. The molecule has 0 aliphatic carbocycles. The third-order valence-electron chi connectivity index (χ3n) is 9.55. The van der Waals surface area contributed by atoms with Gasteiger partial charge in [0.05, 0.1) is 18.0 Å². The molecule has 58 heavy (non-hydrogen) atoms. The van der Waals surface area contributed by atoms with Gasteiger partial charge in [0.15, 0.2) is 11.6 Å². The van der Waals surface area contributed by atoms with Crippen molar-refractivity contribution in [3.05, 3.63) is 24.3 Å². The molecule has 0 aromatic rings. The number of hydrogen-bond acceptors (Lipinski definition) is 12. The lowest BCUT2D eigenvalue weighted by Crippen LogP contribution is -2.39. The predicted octanol–water partition coefficient (Wildman–Crippen LogP) is 2.52. The summed E-state index contributed by atoms with van der Waals surface area (Å²) in [5.41, 5.74) is 0. The normalized spacial score (nSPS) is 15.3. The Kier molecular flexibility index (Phi) is 23.0. The zero-order chi connectivity index (χ0) is 43.9. The minimum atomic E-state index is -1.06. The van der Waals surface area contributed by atoms with Gasteiger partial charge < -0.3 is 15.7 Å². The Morgan fingerprint density at radius 2 is 0.828 bits per heavy atom. The molecule has 2 aliphatic heterocycles. The molecule has 0 fully saturated rings. The van der Waals surface area contributed by atoms with Crippen LogP contribution in [0.15, 0.2) is 24.3 Å². The zero-order valence-corrected chi connectivity index (χ0v) is 34.2. The highest BCUT2D eigenvalue weighted by Gasteiger charge is 2.25. The van der Waals surface area contributed by atoms with Gasteiger partial charge in [-0.25, -0.2) is 0 Å². The number of carbonyl (C=O) groups is 12. The second-order valence-electron chi connectivity index (χ2n) is 14.7. The summed E-state index contributed by atoms with van der Waals surface area (Å²) in [6, 6.07) is -1.40. The molecule has 0 aromatic carbocycles. The Morgan fingerprint density at radius 1 is 0.517 bits per heavy atom. The van der Waals surface area contributed by atoms with Crippen molar-refractivity contribution in [3.63, 3.8) is 0 Å². The lowest BCUT2D eigenvalue weighted by Gasteiger charge is -2.15. The van der Waals surface area contributed by atoms with E-state index in [0.29, 0.717) is 51.4 Å². The quantitative estimate of drug-likeness (QED) is 0.0759. The average Bonchev–Trinajstić information content (AvgIpc) is 3.65. The van der Waals surface area contributed by atoms with E-state index in [9.17, 15) is 57.5 Å². The minimum absolute atomic E-state index is 0.00339. The number of rotatable bonds is 28. The maximum absolute atomic E-state index is 12.0. The summed E-state index contributed by atoms with van der Waals surface area (Å²) in [5.74, 6) is -4.76. The van der Waals surface area contributed by atoms with E-state index in [1.807, 2.05) is 0 Å². The van der Waals surface area contributed by atoms with Crippen LogP contribution >= 0.6 is 0 Å². The Hall–Kier alpha value is -5.48. The molecule has 0 saturated heterocycles. The third kappa shape index (κ3) is 20.1. The lowest BCUT2D eigenvalue weighted by molar-refractivity contribution is -0.143. The van der Waals surface area contributed by atoms with Crippen LogP contribution in [0.3, 0.4) is 0 Å². The van der Waals surface area contributed by atoms with Crippen LogP contribution < -0.4 is 10.6 Å². The Bertz CT molecular complexity index is 1480. The Balaban J connectivity index is 0.000000580. The molecule has 2 aliphatic rings. The number of nitrogens with one attached hydrogen (secondary N) is 2. The fraction of sp³-hybridized carbons (Fsp3) is 0.610. The summed E-state index contributed by atoms with van der Waals surface area (Å²) in [6.45, 7) is 8.11. The van der Waals surface area contributed by atoms with Gasteiger partial charge in [0, 0.05) is 94.7 Å². The lowest BCUT2D eigenvalue weighted by atomic mass is 9.98. The van der Waals surface area contributed by atoms with E-state index in [4.69, 9.17) is 5.11 Å². The number of ketones is 5. The van der Waals surface area contributed by atoms with Gasteiger partial charge in [0.1, 0.15) is 17.3 Å². The highest BCUT2D eigenvalue weighted by molar-refractivity contribution is 6.13. The Labute approximate surface area is 338 Å². The predicted molar refractivity (Wildman–Crippen MR) is 208 cm³/mol. The van der Waals surface area contributed by atoms with E-state index in [1.54, 1.807) is 13.8 Å². The molecule has 17 heteroatoms. The summed E-state index contributed by atoms with van der Waals surface area (Å²) >= 11 is 0. The topological polar surface area (TPSA) is 256 Å². The van der Waals surface area contributed by atoms with Gasteiger partial charge in [0.25, 0.3) is 23.6 Å². The van der Waals surface area contributed by atoms with Crippen LogP contribution in [0.1, 0.15) is 125 Å². The van der Waals surface area contributed by atoms with Crippen molar-refractivity contribution in [3.8, 4) is 0 Å². The number of nitrogens with zero attached hydrogens (tertiary/aromatic N) is 2. The van der Waals surface area contributed by atoms with Crippen molar-refractivity contribution < 1.29 is 62.6 Å². The smallest absolute Gasteiger partial charge is 0.306 e. The average molecular weight is 815 g/mol. The zero-order valence-electron chi connectivity index (χ0n) is 34.2. The standard InChI is InChI=1S/C21H30N2O6.C20H28N2O7/c1-14(16(3)24)13-18(26)15(2)22-19(27)9-5-4-7-17(25)8-6-12-23-20(28)10-11-21(23)29;1-13(20(28)29)12-16(24)14(2)21-17(25)8-4-3-6-15(23)7-5-11-22-18(26)9-10-19(22)27/h10-11,14-15H,4-9,12-13H2,1-3H3,(H,22,27);9-10,13-14H,3-8,11-12H2,1-2H3,(H,21,25)(H,28,29)/t14-,15+;13-,14+/m11/s1. The molecular weight excluding hydrogens is 756 g/mol. The number of amides is 6. The summed E-state index contributed by atoms with van der Waals surface area (Å²) in [6.07, 6.45) is 9.29. The first-order valence-corrected chi connectivity index (χ1v) is 19.7. The number of aliphatic carboxylic acids is 1. The van der Waals surface area contributed by atoms with Crippen molar-refractivity contribution >= 4 is 70.3 Å². The summed E-state index contributed by atoms with van der Waals surface area (Å²) in [5, 5.41) is 14.0. The monoisotopic (exact) mass is 814 g/mol. The van der Waals surface area contributed by atoms with E-state index >= 15 is 0 Å². The highest BCUT2D eigenvalue weighted by Crippen LogP contribution is 2.12. The molecule has 2 rings (SSSR count). The molecule has 320 valence electrons. The summed E-state index contributed by atoms with van der Waals surface area (Å²) in [7, 11) is 0. The van der Waals surface area contributed by atoms with Crippen molar-refractivity contribution in [2.24, 2.45) is 11.8 Å². The molecule has 6 amide bonds. The maximum atomic E-state index is 12.0. The number of carbonyl (C=O) groups excluding carboxylic acids is 11. The fourth-order valence-corrected chi connectivity index (χ4v) is 5.61. The van der Waals surface area contributed by atoms with Gasteiger partial charge >= 0.3 is 5.97 Å². The van der Waals surface area contributed by atoms with Gasteiger partial charge in [-0.3, -0.25) is 67.3 Å². The second kappa shape index (κ2) is 26.4. The van der Waals surface area contributed by atoms with Crippen LogP contribution in [0.5, 0.6) is 0 Å². The van der Waals surface area contributed by atoms with E-state index in [1.165, 1.54) is 45.1 Å². The molecule has 0 unspecified atom stereocenters. The number of unbranched alkanes of at least 4 members (excludes halogenated alkanes) is 2. The number of carboxylic acids is 1. The van der Waals surface area contributed by atoms with Gasteiger partial charge in [0.2, 0.25) is 11.8 Å². The molecule has 0 bridgehead atoms. The van der Waals surface area contributed by atoms with E-state index in [-0.39, 0.29) is 122 Å². The molecular formula is C41H58N4O13. The minimum Gasteiger partial charge on any atom is -0.481 e. The molecule has 0 radical (unpaired) electrons.